The van der Waals surface area contributed by atoms with E-state index in [2.05, 4.69) is 10.4 Å². The number of nitrogens with zero attached hydrogens (tertiary/aromatic N) is 2. The fourth-order valence-electron chi connectivity index (χ4n) is 2.85. The van der Waals surface area contributed by atoms with Crippen molar-refractivity contribution in [1.82, 2.24) is 15.1 Å². The van der Waals surface area contributed by atoms with Crippen LogP contribution in [-0.2, 0) is 11.3 Å². The molecule has 2 heterocycles. The minimum absolute atomic E-state index is 0.229. The van der Waals surface area contributed by atoms with Gasteiger partial charge < -0.3 is 19.2 Å². The highest BCUT2D eigenvalue weighted by Gasteiger charge is 2.20. The second kappa shape index (κ2) is 8.64. The number of ether oxygens (including phenoxy) is 2. The van der Waals surface area contributed by atoms with Crippen LogP contribution in [0.4, 0.5) is 0 Å². The highest BCUT2D eigenvalue weighted by Crippen LogP contribution is 2.28. The van der Waals surface area contributed by atoms with Gasteiger partial charge in [0.2, 0.25) is 5.91 Å². The van der Waals surface area contributed by atoms with Gasteiger partial charge in [-0.15, -0.1) is 0 Å². The lowest BCUT2D eigenvalue weighted by Gasteiger charge is -2.16. The van der Waals surface area contributed by atoms with E-state index >= 15 is 0 Å². The van der Waals surface area contributed by atoms with Crippen molar-refractivity contribution in [2.24, 2.45) is 0 Å². The van der Waals surface area contributed by atoms with Gasteiger partial charge >= 0.3 is 0 Å². The average Bonchev–Trinajstić information content (AvgIpc) is 3.16. The molecule has 1 aromatic carbocycles. The molecule has 1 amide bonds. The van der Waals surface area contributed by atoms with E-state index < -0.39 is 11.6 Å². The number of aromatic nitrogens is 2. The first kappa shape index (κ1) is 20.2. The topological polar surface area (TPSA) is 95.6 Å². The number of benzene rings is 1. The quantitative estimate of drug-likeness (QED) is 0.659. The molecule has 0 aliphatic carbocycles. The Morgan fingerprint density at radius 3 is 2.48 bits per heavy atom. The monoisotopic (exact) mass is 397 g/mol. The zero-order chi connectivity index (χ0) is 21.0. The zero-order valence-electron chi connectivity index (χ0n) is 16.8. The van der Waals surface area contributed by atoms with Crippen LogP contribution in [0, 0.1) is 6.92 Å². The number of rotatable bonds is 7. The van der Waals surface area contributed by atoms with Crippen molar-refractivity contribution in [3.05, 3.63) is 64.3 Å². The van der Waals surface area contributed by atoms with E-state index in [-0.39, 0.29) is 12.5 Å². The SMILES string of the molecule is COc1ccc(-c2nn([C@@H](C)C(=O)NCc3ccc(C)o3)c(=O)cc2OC)cc1. The number of furan rings is 1. The molecule has 1 atom stereocenters. The molecule has 0 fully saturated rings. The van der Waals surface area contributed by atoms with Crippen molar-refractivity contribution in [1.29, 1.82) is 0 Å². The molecule has 0 aliphatic heterocycles. The zero-order valence-corrected chi connectivity index (χ0v) is 16.8. The molecular weight excluding hydrogens is 374 g/mol. The van der Waals surface area contributed by atoms with E-state index in [1.165, 1.54) is 13.2 Å². The third kappa shape index (κ3) is 4.48. The Balaban J connectivity index is 1.87. The number of hydrogen-bond donors (Lipinski definition) is 1. The maximum atomic E-state index is 12.6. The number of carbonyl (C=O) groups excluding carboxylic acids is 1. The molecule has 8 nitrogen and oxygen atoms in total. The lowest BCUT2D eigenvalue weighted by molar-refractivity contribution is -0.124. The van der Waals surface area contributed by atoms with Crippen molar-refractivity contribution < 1.29 is 18.7 Å². The van der Waals surface area contributed by atoms with Gasteiger partial charge in [0.25, 0.3) is 5.56 Å². The maximum Gasteiger partial charge on any atom is 0.271 e. The predicted octanol–water partition coefficient (Wildman–Crippen LogP) is 2.71. The second-order valence-corrected chi connectivity index (χ2v) is 6.48. The van der Waals surface area contributed by atoms with E-state index in [0.717, 1.165) is 16.0 Å². The predicted molar refractivity (Wildman–Crippen MR) is 107 cm³/mol. The van der Waals surface area contributed by atoms with Crippen LogP contribution >= 0.6 is 0 Å². The molecule has 0 bridgehead atoms. The van der Waals surface area contributed by atoms with Crippen LogP contribution in [0.5, 0.6) is 11.5 Å². The van der Waals surface area contributed by atoms with E-state index in [1.54, 1.807) is 32.2 Å². The Morgan fingerprint density at radius 2 is 1.90 bits per heavy atom. The molecule has 1 N–H and O–H groups in total. The van der Waals surface area contributed by atoms with Gasteiger partial charge in [0.15, 0.2) is 5.75 Å². The minimum atomic E-state index is -0.818. The first-order valence-corrected chi connectivity index (χ1v) is 9.08. The van der Waals surface area contributed by atoms with Gasteiger partial charge in [-0.2, -0.15) is 5.10 Å². The smallest absolute Gasteiger partial charge is 0.271 e. The molecule has 152 valence electrons. The summed E-state index contributed by atoms with van der Waals surface area (Å²) in [5.41, 5.74) is 0.752. The number of nitrogens with one attached hydrogen (secondary N) is 1. The summed E-state index contributed by atoms with van der Waals surface area (Å²) in [7, 11) is 3.05. The molecule has 29 heavy (non-hydrogen) atoms. The lowest BCUT2D eigenvalue weighted by Crippen LogP contribution is -2.36. The van der Waals surface area contributed by atoms with E-state index in [0.29, 0.717) is 23.0 Å². The number of amides is 1. The Bertz CT molecular complexity index is 1050. The van der Waals surface area contributed by atoms with Gasteiger partial charge in [-0.1, -0.05) is 0 Å². The molecule has 3 aromatic rings. The van der Waals surface area contributed by atoms with Crippen LogP contribution in [0.2, 0.25) is 0 Å². The lowest BCUT2D eigenvalue weighted by atomic mass is 10.1. The number of hydrogen-bond acceptors (Lipinski definition) is 6. The fraction of sp³-hybridized carbons (Fsp3) is 0.286. The normalized spacial score (nSPS) is 11.7. The van der Waals surface area contributed by atoms with Crippen LogP contribution in [0.1, 0.15) is 24.5 Å². The Labute approximate surface area is 168 Å². The van der Waals surface area contributed by atoms with Crippen molar-refractivity contribution >= 4 is 5.91 Å². The number of methoxy groups -OCH3 is 2. The summed E-state index contributed by atoms with van der Waals surface area (Å²) in [5.74, 6) is 2.08. The third-order valence-corrected chi connectivity index (χ3v) is 4.48. The van der Waals surface area contributed by atoms with Gasteiger partial charge in [-0.25, -0.2) is 4.68 Å². The van der Waals surface area contributed by atoms with Crippen LogP contribution in [-0.4, -0.2) is 29.9 Å². The maximum absolute atomic E-state index is 12.6. The van der Waals surface area contributed by atoms with Gasteiger partial charge in [-0.05, 0) is 50.2 Å². The van der Waals surface area contributed by atoms with Crippen LogP contribution < -0.4 is 20.3 Å². The first-order valence-electron chi connectivity index (χ1n) is 9.08. The van der Waals surface area contributed by atoms with Crippen LogP contribution in [0.3, 0.4) is 0 Å². The van der Waals surface area contributed by atoms with E-state index in [9.17, 15) is 9.59 Å². The van der Waals surface area contributed by atoms with Crippen molar-refractivity contribution in [2.45, 2.75) is 26.4 Å². The Morgan fingerprint density at radius 1 is 1.17 bits per heavy atom. The molecule has 8 heteroatoms. The highest BCUT2D eigenvalue weighted by atomic mass is 16.5. The van der Waals surface area contributed by atoms with Crippen LogP contribution in [0.25, 0.3) is 11.3 Å². The van der Waals surface area contributed by atoms with Crippen molar-refractivity contribution in [3.8, 4) is 22.8 Å². The average molecular weight is 397 g/mol. The summed E-state index contributed by atoms with van der Waals surface area (Å²) in [5, 5.41) is 7.16. The summed E-state index contributed by atoms with van der Waals surface area (Å²) < 4.78 is 17.1. The van der Waals surface area contributed by atoms with Crippen molar-refractivity contribution in [3.63, 3.8) is 0 Å². The molecule has 0 unspecified atom stereocenters. The third-order valence-electron chi connectivity index (χ3n) is 4.48. The molecule has 3 rings (SSSR count). The summed E-state index contributed by atoms with van der Waals surface area (Å²) in [4.78, 5) is 25.1. The van der Waals surface area contributed by atoms with Gasteiger partial charge in [0.05, 0.1) is 20.8 Å². The number of carbonyl (C=O) groups is 1. The molecule has 0 radical (unpaired) electrons. The summed E-state index contributed by atoms with van der Waals surface area (Å²) in [6.45, 7) is 3.67. The fourth-order valence-corrected chi connectivity index (χ4v) is 2.85. The van der Waals surface area contributed by atoms with E-state index in [1.807, 2.05) is 25.1 Å². The van der Waals surface area contributed by atoms with Crippen LogP contribution in [0.15, 0.2) is 51.7 Å². The summed E-state index contributed by atoms with van der Waals surface area (Å²) >= 11 is 0. The Kier molecular flexibility index (Phi) is 6.01. The molecule has 0 saturated carbocycles. The van der Waals surface area contributed by atoms with Gasteiger partial charge in [0.1, 0.15) is 29.0 Å². The standard InChI is InChI=1S/C21H23N3O5/c1-13-5-8-17(29-13)12-22-21(26)14(2)24-19(25)11-18(28-4)20(23-24)15-6-9-16(27-3)10-7-15/h5-11,14H,12H2,1-4H3,(H,22,26)/t14-/m0/s1. The Hall–Kier alpha value is -3.55. The molecule has 0 aliphatic rings. The summed E-state index contributed by atoms with van der Waals surface area (Å²) in [6, 6.07) is 11.3. The highest BCUT2D eigenvalue weighted by molar-refractivity contribution is 5.79. The summed E-state index contributed by atoms with van der Waals surface area (Å²) in [6.07, 6.45) is 0. The molecule has 0 spiro atoms. The largest absolute Gasteiger partial charge is 0.497 e. The van der Waals surface area contributed by atoms with Gasteiger partial charge in [0, 0.05) is 11.6 Å². The minimum Gasteiger partial charge on any atom is -0.497 e. The van der Waals surface area contributed by atoms with Gasteiger partial charge in [-0.3, -0.25) is 9.59 Å². The molecule has 0 saturated heterocycles. The molecular formula is C21H23N3O5. The molecule has 2 aromatic heterocycles. The second-order valence-electron chi connectivity index (χ2n) is 6.48. The first-order chi connectivity index (χ1) is 13.9. The van der Waals surface area contributed by atoms with Crippen molar-refractivity contribution in [2.75, 3.05) is 14.2 Å². The number of aryl methyl sites for hydroxylation is 1. The van der Waals surface area contributed by atoms with E-state index in [4.69, 9.17) is 13.9 Å².